The Hall–Kier alpha value is -2.28. The summed E-state index contributed by atoms with van der Waals surface area (Å²) in [4.78, 5) is 15.9. The van der Waals surface area contributed by atoms with Gasteiger partial charge in [-0.05, 0) is 18.6 Å². The molecule has 1 aromatic carbocycles. The molecule has 1 aliphatic rings. The minimum Gasteiger partial charge on any atom is -0.441 e. The maximum atomic E-state index is 13.7. The average molecular weight is 336 g/mol. The first-order chi connectivity index (χ1) is 11.6. The molecule has 1 saturated heterocycles. The first-order valence-corrected chi connectivity index (χ1v) is 7.86. The molecule has 7 heteroatoms. The fourth-order valence-corrected chi connectivity index (χ4v) is 2.55. The molecule has 3 rings (SSSR count). The van der Waals surface area contributed by atoms with Gasteiger partial charge >= 0.3 is 0 Å². The first-order valence-electron chi connectivity index (χ1n) is 7.86. The third kappa shape index (κ3) is 4.17. The molecule has 1 aliphatic heterocycles. The van der Waals surface area contributed by atoms with Crippen molar-refractivity contribution in [2.75, 3.05) is 19.8 Å². The number of oxazole rings is 1. The van der Waals surface area contributed by atoms with Gasteiger partial charge in [0.15, 0.2) is 11.7 Å². The molecule has 0 saturated carbocycles. The van der Waals surface area contributed by atoms with Crippen LogP contribution in [0, 0.1) is 17.6 Å². The lowest BCUT2D eigenvalue weighted by Gasteiger charge is -2.08. The number of rotatable bonds is 6. The third-order valence-electron chi connectivity index (χ3n) is 3.93. The largest absolute Gasteiger partial charge is 0.441 e. The summed E-state index contributed by atoms with van der Waals surface area (Å²) < 4.78 is 37.3. The smallest absolute Gasteiger partial charge is 0.220 e. The van der Waals surface area contributed by atoms with Gasteiger partial charge in [-0.25, -0.2) is 13.8 Å². The van der Waals surface area contributed by atoms with Gasteiger partial charge in [-0.2, -0.15) is 0 Å². The Morgan fingerprint density at radius 2 is 2.25 bits per heavy atom. The SMILES string of the molecule is O=C(CCc1ncc(-c2ccc(F)cc2F)o1)NC[C@@H]1CCOC1. The van der Waals surface area contributed by atoms with E-state index < -0.39 is 11.6 Å². The van der Waals surface area contributed by atoms with Gasteiger partial charge < -0.3 is 14.5 Å². The standard InChI is InChI=1S/C17H18F2N2O3/c18-12-1-2-13(14(19)7-12)15-9-21-17(24-15)4-3-16(22)20-8-11-5-6-23-10-11/h1-2,7,9,11H,3-6,8,10H2,(H,20,22)/t11-/m0/s1. The van der Waals surface area contributed by atoms with E-state index in [4.69, 9.17) is 9.15 Å². The summed E-state index contributed by atoms with van der Waals surface area (Å²) in [6, 6.07) is 3.24. The quantitative estimate of drug-likeness (QED) is 0.881. The summed E-state index contributed by atoms with van der Waals surface area (Å²) in [7, 11) is 0. The van der Waals surface area contributed by atoms with Gasteiger partial charge in [-0.15, -0.1) is 0 Å². The topological polar surface area (TPSA) is 64.4 Å². The highest BCUT2D eigenvalue weighted by Crippen LogP contribution is 2.24. The number of hydrogen-bond acceptors (Lipinski definition) is 4. The molecule has 2 heterocycles. The number of amides is 1. The summed E-state index contributed by atoms with van der Waals surface area (Å²) in [5, 5.41) is 2.86. The van der Waals surface area contributed by atoms with Gasteiger partial charge in [0.05, 0.1) is 18.4 Å². The zero-order chi connectivity index (χ0) is 16.9. The molecule has 2 aromatic rings. The van der Waals surface area contributed by atoms with E-state index >= 15 is 0 Å². The second kappa shape index (κ2) is 7.53. The van der Waals surface area contributed by atoms with E-state index in [-0.39, 0.29) is 23.7 Å². The Kier molecular flexibility index (Phi) is 5.20. The maximum absolute atomic E-state index is 13.7. The van der Waals surface area contributed by atoms with E-state index in [0.717, 1.165) is 25.2 Å². The molecule has 1 fully saturated rings. The minimum absolute atomic E-state index is 0.0883. The third-order valence-corrected chi connectivity index (χ3v) is 3.93. The zero-order valence-electron chi connectivity index (χ0n) is 13.1. The number of carbonyl (C=O) groups is 1. The van der Waals surface area contributed by atoms with Crippen molar-refractivity contribution in [2.45, 2.75) is 19.3 Å². The van der Waals surface area contributed by atoms with E-state index in [2.05, 4.69) is 10.3 Å². The van der Waals surface area contributed by atoms with E-state index in [1.54, 1.807) is 0 Å². The predicted molar refractivity (Wildman–Crippen MR) is 82.1 cm³/mol. The summed E-state index contributed by atoms with van der Waals surface area (Å²) >= 11 is 0. The van der Waals surface area contributed by atoms with Gasteiger partial charge in [0.25, 0.3) is 0 Å². The fourth-order valence-electron chi connectivity index (χ4n) is 2.55. The molecule has 0 spiro atoms. The van der Waals surface area contributed by atoms with Crippen LogP contribution in [0.4, 0.5) is 8.78 Å². The van der Waals surface area contributed by atoms with Crippen molar-refractivity contribution in [1.29, 1.82) is 0 Å². The highest BCUT2D eigenvalue weighted by molar-refractivity contribution is 5.76. The Morgan fingerprint density at radius 3 is 3.00 bits per heavy atom. The van der Waals surface area contributed by atoms with Crippen molar-refractivity contribution >= 4 is 5.91 Å². The highest BCUT2D eigenvalue weighted by atomic mass is 19.1. The lowest BCUT2D eigenvalue weighted by molar-refractivity contribution is -0.121. The lowest BCUT2D eigenvalue weighted by Crippen LogP contribution is -2.29. The molecule has 1 atom stereocenters. The molecule has 24 heavy (non-hydrogen) atoms. The number of aryl methyl sites for hydroxylation is 1. The number of hydrogen-bond donors (Lipinski definition) is 1. The predicted octanol–water partition coefficient (Wildman–Crippen LogP) is 2.71. The van der Waals surface area contributed by atoms with Crippen LogP contribution in [0.3, 0.4) is 0 Å². The number of nitrogens with zero attached hydrogens (tertiary/aromatic N) is 1. The highest BCUT2D eigenvalue weighted by Gasteiger charge is 2.17. The van der Waals surface area contributed by atoms with Crippen LogP contribution in [-0.4, -0.2) is 30.6 Å². The Labute approximate surface area is 138 Å². The van der Waals surface area contributed by atoms with Gasteiger partial charge in [0.2, 0.25) is 5.91 Å². The minimum atomic E-state index is -0.714. The van der Waals surface area contributed by atoms with Gasteiger partial charge in [0.1, 0.15) is 11.6 Å². The van der Waals surface area contributed by atoms with E-state index in [1.807, 2.05) is 0 Å². The van der Waals surface area contributed by atoms with Crippen LogP contribution in [0.15, 0.2) is 28.8 Å². The molecular formula is C17H18F2N2O3. The van der Waals surface area contributed by atoms with Crippen LogP contribution in [-0.2, 0) is 16.0 Å². The van der Waals surface area contributed by atoms with Crippen LogP contribution < -0.4 is 5.32 Å². The first kappa shape index (κ1) is 16.6. The van der Waals surface area contributed by atoms with Gasteiger partial charge in [-0.1, -0.05) is 0 Å². The average Bonchev–Trinajstić information content (AvgIpc) is 3.22. The molecular weight excluding hydrogens is 318 g/mol. The number of nitrogens with one attached hydrogen (secondary N) is 1. The fraction of sp³-hybridized carbons (Fsp3) is 0.412. The van der Waals surface area contributed by atoms with E-state index in [1.165, 1.54) is 12.3 Å². The molecule has 1 aromatic heterocycles. The second-order valence-electron chi connectivity index (χ2n) is 5.78. The summed E-state index contributed by atoms with van der Waals surface area (Å²) in [5.41, 5.74) is 0.140. The summed E-state index contributed by atoms with van der Waals surface area (Å²) in [6.07, 6.45) is 2.89. The molecule has 0 aliphatic carbocycles. The Balaban J connectivity index is 1.51. The Bertz CT molecular complexity index is 712. The Morgan fingerprint density at radius 1 is 1.38 bits per heavy atom. The maximum Gasteiger partial charge on any atom is 0.220 e. The van der Waals surface area contributed by atoms with E-state index in [9.17, 15) is 13.6 Å². The number of aromatic nitrogens is 1. The van der Waals surface area contributed by atoms with Crippen molar-refractivity contribution in [2.24, 2.45) is 5.92 Å². The lowest BCUT2D eigenvalue weighted by atomic mass is 10.1. The van der Waals surface area contributed by atoms with Crippen molar-refractivity contribution in [3.8, 4) is 11.3 Å². The number of benzene rings is 1. The number of ether oxygens (including phenoxy) is 1. The summed E-state index contributed by atoms with van der Waals surface area (Å²) in [5.74, 6) is -0.521. The van der Waals surface area contributed by atoms with Gasteiger partial charge in [-0.3, -0.25) is 4.79 Å². The van der Waals surface area contributed by atoms with Crippen LogP contribution in [0.2, 0.25) is 0 Å². The number of halogens is 2. The second-order valence-corrected chi connectivity index (χ2v) is 5.78. The molecule has 5 nitrogen and oxygen atoms in total. The molecule has 0 bridgehead atoms. The molecule has 1 amide bonds. The zero-order valence-corrected chi connectivity index (χ0v) is 13.1. The summed E-state index contributed by atoms with van der Waals surface area (Å²) in [6.45, 7) is 2.04. The van der Waals surface area contributed by atoms with Crippen LogP contribution in [0.1, 0.15) is 18.7 Å². The van der Waals surface area contributed by atoms with Crippen molar-refractivity contribution in [1.82, 2.24) is 10.3 Å². The number of carbonyl (C=O) groups excluding carboxylic acids is 1. The normalized spacial score (nSPS) is 17.2. The van der Waals surface area contributed by atoms with Crippen molar-refractivity contribution < 1.29 is 22.7 Å². The van der Waals surface area contributed by atoms with Crippen LogP contribution >= 0.6 is 0 Å². The molecule has 1 N–H and O–H groups in total. The van der Waals surface area contributed by atoms with Crippen LogP contribution in [0.5, 0.6) is 0 Å². The van der Waals surface area contributed by atoms with Crippen LogP contribution in [0.25, 0.3) is 11.3 Å². The van der Waals surface area contributed by atoms with Gasteiger partial charge in [0, 0.05) is 38.0 Å². The van der Waals surface area contributed by atoms with Crippen molar-refractivity contribution in [3.63, 3.8) is 0 Å². The van der Waals surface area contributed by atoms with Crippen molar-refractivity contribution in [3.05, 3.63) is 41.9 Å². The molecule has 0 unspecified atom stereocenters. The monoisotopic (exact) mass is 336 g/mol. The molecule has 0 radical (unpaired) electrons. The van der Waals surface area contributed by atoms with E-state index in [0.29, 0.717) is 31.4 Å². The molecule has 128 valence electrons.